The van der Waals surface area contributed by atoms with Crippen LogP contribution in [0.5, 0.6) is 5.75 Å². The van der Waals surface area contributed by atoms with Crippen molar-refractivity contribution in [1.82, 2.24) is 0 Å². The smallest absolute Gasteiger partial charge is 0.115 e. The van der Waals surface area contributed by atoms with E-state index < -0.39 is 0 Å². The number of allylic oxidation sites excluding steroid dienone is 2. The van der Waals surface area contributed by atoms with Crippen molar-refractivity contribution in [2.45, 2.75) is 18.4 Å². The second-order valence-electron chi connectivity index (χ2n) is 7.36. The fourth-order valence-electron chi connectivity index (χ4n) is 4.37. The van der Waals surface area contributed by atoms with Crippen molar-refractivity contribution in [2.75, 3.05) is 10.6 Å². The van der Waals surface area contributed by atoms with Crippen LogP contribution >= 0.6 is 0 Å². The van der Waals surface area contributed by atoms with Crippen LogP contribution in [0.25, 0.3) is 0 Å². The number of hydrogen-bond donors (Lipinski definition) is 3. The van der Waals surface area contributed by atoms with Crippen molar-refractivity contribution in [2.24, 2.45) is 5.92 Å². The molecule has 0 saturated carbocycles. The predicted octanol–water partition coefficient (Wildman–Crippen LogP) is 5.96. The van der Waals surface area contributed by atoms with Crippen LogP contribution in [-0.4, -0.2) is 5.11 Å². The van der Waals surface area contributed by atoms with Gasteiger partial charge in [-0.05, 0) is 65.9 Å². The van der Waals surface area contributed by atoms with Gasteiger partial charge in [0.2, 0.25) is 0 Å². The van der Waals surface area contributed by atoms with E-state index in [9.17, 15) is 5.11 Å². The van der Waals surface area contributed by atoms with Crippen LogP contribution in [0.15, 0.2) is 84.9 Å². The Morgan fingerprint density at radius 3 is 2.52 bits per heavy atom. The summed E-state index contributed by atoms with van der Waals surface area (Å²) in [7, 11) is 0. The van der Waals surface area contributed by atoms with Gasteiger partial charge in [0.1, 0.15) is 5.75 Å². The number of para-hydroxylation sites is 1. The van der Waals surface area contributed by atoms with E-state index >= 15 is 0 Å². The van der Waals surface area contributed by atoms with Crippen LogP contribution in [0.1, 0.15) is 29.5 Å². The molecule has 0 aromatic heterocycles. The van der Waals surface area contributed by atoms with Gasteiger partial charge in [0.05, 0.1) is 6.04 Å². The number of fused-ring (bicyclic) bond motifs is 3. The maximum absolute atomic E-state index is 9.61. The van der Waals surface area contributed by atoms with Gasteiger partial charge in [-0.2, -0.15) is 0 Å². The number of nitrogens with one attached hydrogen (secondary N) is 2. The first-order chi connectivity index (χ1) is 13.3. The molecule has 134 valence electrons. The highest BCUT2D eigenvalue weighted by molar-refractivity contribution is 5.68. The van der Waals surface area contributed by atoms with Crippen LogP contribution in [0.2, 0.25) is 0 Å². The number of aromatic hydroxyl groups is 1. The third-order valence-corrected chi connectivity index (χ3v) is 5.68. The maximum atomic E-state index is 9.61. The molecule has 1 aliphatic heterocycles. The van der Waals surface area contributed by atoms with E-state index in [1.807, 2.05) is 30.3 Å². The fraction of sp³-hybridized carbons (Fsp3) is 0.167. The Morgan fingerprint density at radius 1 is 0.889 bits per heavy atom. The maximum Gasteiger partial charge on any atom is 0.115 e. The van der Waals surface area contributed by atoms with E-state index in [4.69, 9.17) is 0 Å². The molecule has 3 unspecified atom stereocenters. The topological polar surface area (TPSA) is 44.3 Å². The molecular weight excluding hydrogens is 332 g/mol. The van der Waals surface area contributed by atoms with Gasteiger partial charge >= 0.3 is 0 Å². The van der Waals surface area contributed by atoms with Crippen molar-refractivity contribution < 1.29 is 5.11 Å². The Bertz CT molecular complexity index is 979. The van der Waals surface area contributed by atoms with Gasteiger partial charge in [-0.15, -0.1) is 0 Å². The SMILES string of the molecule is Oc1ccc(C2Nc3ccc(Nc4ccccc4)cc3C3C=CCC32)cc1. The molecule has 27 heavy (non-hydrogen) atoms. The normalized spacial score (nSPS) is 22.6. The van der Waals surface area contributed by atoms with E-state index in [2.05, 4.69) is 53.1 Å². The molecule has 3 aromatic rings. The zero-order valence-corrected chi connectivity index (χ0v) is 15.0. The summed E-state index contributed by atoms with van der Waals surface area (Å²) in [5.74, 6) is 1.22. The fourth-order valence-corrected chi connectivity index (χ4v) is 4.37. The molecule has 5 rings (SSSR count). The summed E-state index contributed by atoms with van der Waals surface area (Å²) in [6.07, 6.45) is 5.72. The predicted molar refractivity (Wildman–Crippen MR) is 111 cm³/mol. The lowest BCUT2D eigenvalue weighted by atomic mass is 9.77. The average molecular weight is 354 g/mol. The molecule has 3 nitrogen and oxygen atoms in total. The summed E-state index contributed by atoms with van der Waals surface area (Å²) < 4.78 is 0. The van der Waals surface area contributed by atoms with Crippen molar-refractivity contribution in [3.05, 3.63) is 96.1 Å². The Balaban J connectivity index is 1.48. The number of rotatable bonds is 3. The molecule has 1 aliphatic carbocycles. The molecule has 2 aliphatic rings. The minimum atomic E-state index is 0.256. The van der Waals surface area contributed by atoms with Gasteiger partial charge in [0, 0.05) is 23.0 Å². The zero-order chi connectivity index (χ0) is 18.2. The van der Waals surface area contributed by atoms with Crippen LogP contribution in [-0.2, 0) is 0 Å². The second-order valence-corrected chi connectivity index (χ2v) is 7.36. The standard InChI is InChI=1S/C24H22N2O/c27-19-12-9-16(10-13-19)24-21-8-4-7-20(21)22-15-18(11-14-23(22)26-24)25-17-5-2-1-3-6-17/h1-7,9-15,20-21,24-27H,8H2. The van der Waals surface area contributed by atoms with Crippen molar-refractivity contribution in [3.63, 3.8) is 0 Å². The molecule has 0 spiro atoms. The molecule has 0 radical (unpaired) electrons. The molecule has 0 fully saturated rings. The highest BCUT2D eigenvalue weighted by Crippen LogP contribution is 2.50. The number of benzene rings is 3. The van der Waals surface area contributed by atoms with Gasteiger partial charge in [0.25, 0.3) is 0 Å². The van der Waals surface area contributed by atoms with Crippen molar-refractivity contribution in [3.8, 4) is 5.75 Å². The van der Waals surface area contributed by atoms with Crippen LogP contribution in [0, 0.1) is 5.92 Å². The molecule has 0 bridgehead atoms. The summed E-state index contributed by atoms with van der Waals surface area (Å²) in [6, 6.07) is 24.7. The minimum Gasteiger partial charge on any atom is -0.508 e. The molecule has 3 N–H and O–H groups in total. The van der Waals surface area contributed by atoms with E-state index in [1.54, 1.807) is 12.1 Å². The quantitative estimate of drug-likeness (QED) is 0.508. The van der Waals surface area contributed by atoms with Gasteiger partial charge in [0.15, 0.2) is 0 Å². The summed E-state index contributed by atoms with van der Waals surface area (Å²) >= 11 is 0. The molecule has 1 heterocycles. The number of hydrogen-bond acceptors (Lipinski definition) is 3. The van der Waals surface area contributed by atoms with Crippen molar-refractivity contribution >= 4 is 17.1 Å². The second kappa shape index (κ2) is 6.51. The molecule has 0 saturated heterocycles. The van der Waals surface area contributed by atoms with Crippen LogP contribution in [0.4, 0.5) is 17.1 Å². The molecular formula is C24H22N2O. The Labute approximate surface area is 159 Å². The summed E-state index contributed by atoms with van der Waals surface area (Å²) in [4.78, 5) is 0. The van der Waals surface area contributed by atoms with Gasteiger partial charge in [-0.25, -0.2) is 0 Å². The largest absolute Gasteiger partial charge is 0.508 e. The third kappa shape index (κ3) is 2.95. The molecule has 3 atom stereocenters. The molecule has 3 aromatic carbocycles. The van der Waals surface area contributed by atoms with E-state index in [0.29, 0.717) is 17.6 Å². The molecule has 3 heteroatoms. The summed E-state index contributed by atoms with van der Waals surface area (Å²) in [5.41, 5.74) is 5.98. The average Bonchev–Trinajstić information content (AvgIpc) is 3.19. The van der Waals surface area contributed by atoms with Gasteiger partial charge in [-0.3, -0.25) is 0 Å². The zero-order valence-electron chi connectivity index (χ0n) is 15.0. The number of phenolic OH excluding ortho intramolecular Hbond substituents is 1. The highest BCUT2D eigenvalue weighted by Gasteiger charge is 2.37. The summed E-state index contributed by atoms with van der Waals surface area (Å²) in [5, 5.41) is 16.9. The van der Waals surface area contributed by atoms with Crippen molar-refractivity contribution in [1.29, 1.82) is 0 Å². The minimum absolute atomic E-state index is 0.256. The van der Waals surface area contributed by atoms with E-state index in [0.717, 1.165) is 17.8 Å². The van der Waals surface area contributed by atoms with Gasteiger partial charge < -0.3 is 15.7 Å². The van der Waals surface area contributed by atoms with E-state index in [-0.39, 0.29) is 6.04 Å². The Morgan fingerprint density at radius 2 is 1.70 bits per heavy atom. The lowest BCUT2D eigenvalue weighted by Crippen LogP contribution is -2.29. The first-order valence-electron chi connectivity index (χ1n) is 9.46. The Hall–Kier alpha value is -3.20. The third-order valence-electron chi connectivity index (χ3n) is 5.68. The highest BCUT2D eigenvalue weighted by atomic mass is 16.3. The number of anilines is 3. The lowest BCUT2D eigenvalue weighted by molar-refractivity contribution is 0.424. The Kier molecular flexibility index (Phi) is 3.86. The summed E-state index contributed by atoms with van der Waals surface area (Å²) in [6.45, 7) is 0. The first-order valence-corrected chi connectivity index (χ1v) is 9.46. The van der Waals surface area contributed by atoms with Gasteiger partial charge in [-0.1, -0.05) is 42.5 Å². The number of phenols is 1. The van der Waals surface area contributed by atoms with Crippen LogP contribution < -0.4 is 10.6 Å². The first kappa shape index (κ1) is 16.0. The molecule has 0 amide bonds. The van der Waals surface area contributed by atoms with E-state index in [1.165, 1.54) is 16.8 Å². The van der Waals surface area contributed by atoms with Crippen LogP contribution in [0.3, 0.4) is 0 Å². The monoisotopic (exact) mass is 354 g/mol. The lowest BCUT2D eigenvalue weighted by Gasteiger charge is -2.37.